The van der Waals surface area contributed by atoms with E-state index in [0.29, 0.717) is 55.1 Å². The zero-order valence-corrected chi connectivity index (χ0v) is 22.2. The van der Waals surface area contributed by atoms with E-state index >= 15 is 0 Å². The SMILES string of the molecule is NC(=O)c1ncc(N[C@H]2CCCC[C@H]2[NH3+])cc1Nc1cc(-c2coc3c(=O)cc(N4CCOCC4)oc23)cs1. The monoisotopic (exact) mass is 551 g/mol. The number of morpholine rings is 1. The average molecular weight is 552 g/mol. The van der Waals surface area contributed by atoms with Gasteiger partial charge in [-0.1, -0.05) is 6.42 Å². The van der Waals surface area contributed by atoms with Gasteiger partial charge in [0.1, 0.15) is 12.3 Å². The molecule has 2 aliphatic rings. The predicted molar refractivity (Wildman–Crippen MR) is 150 cm³/mol. The van der Waals surface area contributed by atoms with Gasteiger partial charge in [-0.25, -0.2) is 4.98 Å². The fourth-order valence-corrected chi connectivity index (χ4v) is 6.00. The molecule has 1 saturated heterocycles. The number of nitrogens with zero attached hydrogens (tertiary/aromatic N) is 2. The number of nitrogens with two attached hydrogens (primary N) is 1. The summed E-state index contributed by atoms with van der Waals surface area (Å²) in [5.41, 5.74) is 13.2. The summed E-state index contributed by atoms with van der Waals surface area (Å²) in [4.78, 5) is 31.2. The van der Waals surface area contributed by atoms with Gasteiger partial charge in [0.05, 0.1) is 53.5 Å². The second-order valence-electron chi connectivity index (χ2n) is 9.96. The third-order valence-electron chi connectivity index (χ3n) is 7.30. The lowest BCUT2D eigenvalue weighted by Gasteiger charge is -2.27. The van der Waals surface area contributed by atoms with E-state index in [4.69, 9.17) is 19.3 Å². The number of carbonyl (C=O) groups excluding carboxylic acids is 1. The van der Waals surface area contributed by atoms with Gasteiger partial charge in [0.2, 0.25) is 11.0 Å². The Balaban J connectivity index is 1.28. The van der Waals surface area contributed by atoms with Crippen LogP contribution in [0, 0.1) is 0 Å². The molecule has 2 fully saturated rings. The first-order valence-electron chi connectivity index (χ1n) is 13.1. The van der Waals surface area contributed by atoms with Gasteiger partial charge >= 0.3 is 0 Å². The normalized spacial score (nSPS) is 19.8. The van der Waals surface area contributed by atoms with Gasteiger partial charge in [-0.05, 0) is 25.0 Å². The number of rotatable bonds is 7. The molecule has 39 heavy (non-hydrogen) atoms. The Bertz CT molecular complexity index is 1560. The van der Waals surface area contributed by atoms with Crippen molar-refractivity contribution >= 4 is 50.7 Å². The Morgan fingerprint density at radius 3 is 2.77 bits per heavy atom. The molecule has 0 unspecified atom stereocenters. The Morgan fingerprint density at radius 2 is 1.97 bits per heavy atom. The number of thiophene rings is 1. The van der Waals surface area contributed by atoms with Crippen molar-refractivity contribution in [2.45, 2.75) is 37.8 Å². The molecule has 0 radical (unpaired) electrons. The van der Waals surface area contributed by atoms with Crippen molar-refractivity contribution in [1.29, 1.82) is 0 Å². The lowest BCUT2D eigenvalue weighted by Crippen LogP contribution is -2.68. The highest BCUT2D eigenvalue weighted by molar-refractivity contribution is 7.14. The van der Waals surface area contributed by atoms with Gasteiger partial charge in [0, 0.05) is 30.5 Å². The highest BCUT2D eigenvalue weighted by atomic mass is 32.1. The molecule has 204 valence electrons. The van der Waals surface area contributed by atoms with Crippen LogP contribution in [0.25, 0.3) is 22.3 Å². The number of furan rings is 1. The maximum absolute atomic E-state index is 12.7. The number of pyridine rings is 1. The van der Waals surface area contributed by atoms with Crippen LogP contribution in [0.3, 0.4) is 0 Å². The van der Waals surface area contributed by atoms with Gasteiger partial charge in [-0.3, -0.25) is 9.59 Å². The highest BCUT2D eigenvalue weighted by Gasteiger charge is 2.25. The number of carbonyl (C=O) groups is 1. The van der Waals surface area contributed by atoms with Crippen molar-refractivity contribution in [3.63, 3.8) is 0 Å². The molecule has 0 bridgehead atoms. The van der Waals surface area contributed by atoms with Gasteiger partial charge in [0.15, 0.2) is 17.2 Å². The minimum atomic E-state index is -0.619. The van der Waals surface area contributed by atoms with Crippen LogP contribution in [-0.4, -0.2) is 49.3 Å². The van der Waals surface area contributed by atoms with E-state index in [-0.39, 0.29) is 22.7 Å². The molecule has 1 aliphatic heterocycles. The summed E-state index contributed by atoms with van der Waals surface area (Å²) < 4.78 is 17.2. The summed E-state index contributed by atoms with van der Waals surface area (Å²) in [6, 6.07) is 5.81. The average Bonchev–Trinajstić information content (AvgIpc) is 3.58. The Kier molecular flexibility index (Phi) is 6.98. The van der Waals surface area contributed by atoms with Gasteiger partial charge < -0.3 is 40.6 Å². The van der Waals surface area contributed by atoms with Crippen LogP contribution in [0.5, 0.6) is 0 Å². The van der Waals surface area contributed by atoms with E-state index in [9.17, 15) is 9.59 Å². The van der Waals surface area contributed by atoms with Crippen molar-refractivity contribution in [2.24, 2.45) is 5.73 Å². The molecule has 7 N–H and O–H groups in total. The molecule has 1 saturated carbocycles. The molecular formula is C27H31N6O5S+. The molecule has 5 heterocycles. The molecule has 1 amide bonds. The second kappa shape index (κ2) is 10.7. The summed E-state index contributed by atoms with van der Waals surface area (Å²) in [5, 5.41) is 9.53. The fourth-order valence-electron chi connectivity index (χ4n) is 5.19. The molecule has 2 atom stereocenters. The third kappa shape index (κ3) is 5.22. The molecular weight excluding hydrogens is 520 g/mol. The van der Waals surface area contributed by atoms with Crippen molar-refractivity contribution in [2.75, 3.05) is 41.8 Å². The van der Waals surface area contributed by atoms with Crippen LogP contribution in [-0.2, 0) is 4.74 Å². The summed E-state index contributed by atoms with van der Waals surface area (Å²) in [6.07, 6.45) is 7.66. The van der Waals surface area contributed by atoms with Crippen molar-refractivity contribution in [3.05, 3.63) is 52.0 Å². The number of fused-ring (bicyclic) bond motifs is 1. The van der Waals surface area contributed by atoms with E-state index in [1.54, 1.807) is 6.20 Å². The van der Waals surface area contributed by atoms with Crippen LogP contribution in [0.15, 0.2) is 49.7 Å². The highest BCUT2D eigenvalue weighted by Crippen LogP contribution is 2.37. The first-order valence-corrected chi connectivity index (χ1v) is 14.0. The number of amides is 1. The number of nitrogens with one attached hydrogen (secondary N) is 2. The summed E-state index contributed by atoms with van der Waals surface area (Å²) in [7, 11) is 0. The molecule has 0 aromatic carbocycles. The third-order valence-corrected chi connectivity index (χ3v) is 8.15. The Morgan fingerprint density at radius 1 is 1.15 bits per heavy atom. The van der Waals surface area contributed by atoms with E-state index < -0.39 is 5.91 Å². The molecule has 11 nitrogen and oxygen atoms in total. The van der Waals surface area contributed by atoms with E-state index in [2.05, 4.69) is 21.4 Å². The van der Waals surface area contributed by atoms with Crippen LogP contribution < -0.4 is 32.4 Å². The zero-order valence-electron chi connectivity index (χ0n) is 21.4. The van der Waals surface area contributed by atoms with Crippen LogP contribution in [0.1, 0.15) is 36.2 Å². The maximum Gasteiger partial charge on any atom is 0.269 e. The largest absolute Gasteiger partial charge is 0.456 e. The summed E-state index contributed by atoms with van der Waals surface area (Å²) >= 11 is 1.44. The fraction of sp³-hybridized carbons (Fsp3) is 0.370. The zero-order chi connectivity index (χ0) is 26.9. The minimum Gasteiger partial charge on any atom is -0.456 e. The first-order chi connectivity index (χ1) is 19.0. The lowest BCUT2D eigenvalue weighted by atomic mass is 9.91. The van der Waals surface area contributed by atoms with Gasteiger partial charge in [-0.2, -0.15) is 0 Å². The predicted octanol–water partition coefficient (Wildman–Crippen LogP) is 3.15. The van der Waals surface area contributed by atoms with E-state index in [0.717, 1.165) is 35.5 Å². The Hall–Kier alpha value is -3.87. The number of ether oxygens (including phenoxy) is 1. The number of aromatic nitrogens is 1. The van der Waals surface area contributed by atoms with E-state index in [1.165, 1.54) is 30.1 Å². The van der Waals surface area contributed by atoms with Crippen LogP contribution >= 0.6 is 11.3 Å². The van der Waals surface area contributed by atoms with Gasteiger partial charge in [-0.15, -0.1) is 11.3 Å². The molecule has 6 rings (SSSR count). The Labute approximate surface area is 228 Å². The van der Waals surface area contributed by atoms with Crippen molar-refractivity contribution in [3.8, 4) is 11.1 Å². The maximum atomic E-state index is 12.7. The summed E-state index contributed by atoms with van der Waals surface area (Å²) in [6.45, 7) is 2.45. The second-order valence-corrected chi connectivity index (χ2v) is 10.9. The van der Waals surface area contributed by atoms with Crippen molar-refractivity contribution in [1.82, 2.24) is 4.98 Å². The quantitative estimate of drug-likeness (QED) is 0.270. The lowest BCUT2D eigenvalue weighted by molar-refractivity contribution is -0.427. The number of quaternary nitrogens is 1. The van der Waals surface area contributed by atoms with Crippen molar-refractivity contribution < 1.29 is 24.1 Å². The minimum absolute atomic E-state index is 0.153. The molecule has 1 aliphatic carbocycles. The van der Waals surface area contributed by atoms with Crippen LogP contribution in [0.2, 0.25) is 0 Å². The molecule has 0 spiro atoms. The smallest absolute Gasteiger partial charge is 0.269 e. The summed E-state index contributed by atoms with van der Waals surface area (Å²) in [5.74, 6) is -0.122. The van der Waals surface area contributed by atoms with Crippen LogP contribution in [0.4, 0.5) is 22.3 Å². The molecule has 4 aromatic heterocycles. The molecule has 4 aromatic rings. The van der Waals surface area contributed by atoms with Gasteiger partial charge in [0.25, 0.3) is 5.91 Å². The standard InChI is InChI=1S/C27H30N6O5S/c28-18-3-1-2-4-19(18)31-16-10-20(24(27(29)35)30-12-16)32-22-9-15(14-39-22)17-13-37-26-21(34)11-23(38-25(17)26)33-5-7-36-8-6-33/h9-14,18-19,31-32H,1-8,28H2,(H2,29,35)/p+1/t18-,19+/m1/s1. The number of hydrogen-bond acceptors (Lipinski definition) is 10. The topological polar surface area (TPSA) is 164 Å². The number of hydrogen-bond donors (Lipinski definition) is 4. The number of anilines is 4. The number of primary amides is 1. The first kappa shape index (κ1) is 25.4. The van der Waals surface area contributed by atoms with E-state index in [1.807, 2.05) is 22.4 Å². The molecule has 12 heteroatoms.